The number of amides is 1. The number of hydrogen-bond donors (Lipinski definition) is 4. The third-order valence-electron chi connectivity index (χ3n) is 5.41. The quantitative estimate of drug-likeness (QED) is 0.145. The Labute approximate surface area is 253 Å². The zero-order valence-electron chi connectivity index (χ0n) is 21.4. The fraction of sp³-hybridized carbons (Fsp3) is 0.682. The number of aliphatic carboxylic acids is 4. The molecule has 0 bridgehead atoms. The second-order valence-electron chi connectivity index (χ2n) is 8.38. The maximum absolute atomic E-state index is 13.0. The van der Waals surface area contributed by atoms with Crippen molar-refractivity contribution in [1.29, 1.82) is 0 Å². The molecule has 38 heavy (non-hydrogen) atoms. The van der Waals surface area contributed by atoms with Crippen molar-refractivity contribution in [3.63, 3.8) is 0 Å². The standard InChI is InChI=1S/C22H37N5O10.Gd/c1-2-37-12-11-27(17-22(35)36)18(28)13-23-3-5-24(14-19(29)30)7-9-26(16-21(33)34)10-8-25(6-4-23)15-20(31)32;/h7,9H,2-6,8,10-17H2,1H3,(H,29,30)(H,31,32)(H,33,34)(H,35,36);/b9-7-;. The van der Waals surface area contributed by atoms with Gasteiger partial charge in [0, 0.05) is 105 Å². The van der Waals surface area contributed by atoms with Crippen LogP contribution in [0.15, 0.2) is 12.4 Å². The van der Waals surface area contributed by atoms with Gasteiger partial charge < -0.3 is 39.9 Å². The van der Waals surface area contributed by atoms with Crippen molar-refractivity contribution in [3.8, 4) is 0 Å². The molecule has 1 aliphatic heterocycles. The third-order valence-corrected chi connectivity index (χ3v) is 5.41. The van der Waals surface area contributed by atoms with Crippen LogP contribution in [0.4, 0.5) is 0 Å². The van der Waals surface area contributed by atoms with E-state index in [1.54, 1.807) is 16.7 Å². The first-order chi connectivity index (χ1) is 17.5. The molecule has 0 radical (unpaired) electrons. The van der Waals surface area contributed by atoms with Gasteiger partial charge in [0.05, 0.1) is 19.7 Å². The number of hydrogen-bond acceptors (Lipinski definition) is 10. The number of carbonyl (C=O) groups excluding carboxylic acids is 1. The van der Waals surface area contributed by atoms with E-state index in [0.29, 0.717) is 6.61 Å². The smallest absolute Gasteiger partial charge is 0.323 e. The minimum Gasteiger partial charge on any atom is -0.480 e. The molecule has 16 heteroatoms. The number of ether oxygens (including phenoxy) is 1. The van der Waals surface area contributed by atoms with Gasteiger partial charge in [-0.1, -0.05) is 0 Å². The van der Waals surface area contributed by atoms with Gasteiger partial charge in [0.15, 0.2) is 0 Å². The van der Waals surface area contributed by atoms with Crippen LogP contribution in [0.3, 0.4) is 0 Å². The Kier molecular flexibility index (Phi) is 18.8. The van der Waals surface area contributed by atoms with Crippen LogP contribution in [0.25, 0.3) is 0 Å². The Hall–Kier alpha value is -2.11. The molecule has 0 saturated carbocycles. The van der Waals surface area contributed by atoms with Gasteiger partial charge in [0.1, 0.15) is 19.6 Å². The van der Waals surface area contributed by atoms with Gasteiger partial charge in [-0.3, -0.25) is 33.8 Å². The summed E-state index contributed by atoms with van der Waals surface area (Å²) in [6, 6.07) is 0. The molecule has 0 spiro atoms. The summed E-state index contributed by atoms with van der Waals surface area (Å²) in [5.41, 5.74) is 0. The predicted octanol–water partition coefficient (Wildman–Crippen LogP) is -2.12. The number of nitrogens with zero attached hydrogens (tertiary/aromatic N) is 5. The van der Waals surface area contributed by atoms with E-state index in [1.807, 2.05) is 0 Å². The minimum absolute atomic E-state index is 0. The molecule has 15 nitrogen and oxygen atoms in total. The molecule has 0 aromatic carbocycles. The van der Waals surface area contributed by atoms with Gasteiger partial charge in [-0.15, -0.1) is 0 Å². The van der Waals surface area contributed by atoms with Crippen LogP contribution in [0.2, 0.25) is 0 Å². The van der Waals surface area contributed by atoms with Crippen molar-refractivity contribution >= 4 is 29.8 Å². The van der Waals surface area contributed by atoms with Crippen molar-refractivity contribution < 1.29 is 89.1 Å². The van der Waals surface area contributed by atoms with Crippen LogP contribution in [-0.2, 0) is 28.7 Å². The number of rotatable bonds is 14. The molecule has 1 rings (SSSR count). The molecule has 1 aliphatic rings. The Morgan fingerprint density at radius 3 is 1.58 bits per heavy atom. The van der Waals surface area contributed by atoms with Crippen molar-refractivity contribution in [3.05, 3.63) is 12.4 Å². The maximum Gasteiger partial charge on any atom is 0.323 e. The summed E-state index contributed by atoms with van der Waals surface area (Å²) in [7, 11) is 0. The van der Waals surface area contributed by atoms with Gasteiger partial charge in [0.2, 0.25) is 5.91 Å². The van der Waals surface area contributed by atoms with Gasteiger partial charge in [-0.2, -0.15) is 0 Å². The summed E-state index contributed by atoms with van der Waals surface area (Å²) in [5, 5.41) is 36.9. The van der Waals surface area contributed by atoms with Crippen LogP contribution in [0.5, 0.6) is 0 Å². The molecule has 1 heterocycles. The fourth-order valence-corrected chi connectivity index (χ4v) is 3.57. The van der Waals surface area contributed by atoms with Crippen LogP contribution in [0.1, 0.15) is 6.92 Å². The SMILES string of the molecule is CCOCCN(CC(=O)O)C(=O)CN1CCN(CC(=O)O)/C=C\N(CC(=O)O)CCN(CC(=O)O)CC1.[Gd]. The van der Waals surface area contributed by atoms with Crippen LogP contribution >= 0.6 is 0 Å². The Morgan fingerprint density at radius 2 is 1.16 bits per heavy atom. The molecule has 0 aromatic heterocycles. The van der Waals surface area contributed by atoms with E-state index < -0.39 is 36.3 Å². The first kappa shape index (κ1) is 35.9. The summed E-state index contributed by atoms with van der Waals surface area (Å²) in [6.07, 6.45) is 2.91. The van der Waals surface area contributed by atoms with E-state index in [9.17, 15) is 44.4 Å². The first-order valence-corrected chi connectivity index (χ1v) is 11.8. The zero-order valence-corrected chi connectivity index (χ0v) is 23.7. The van der Waals surface area contributed by atoms with Crippen molar-refractivity contribution in [2.75, 3.05) is 91.8 Å². The average molecular weight is 689 g/mol. The monoisotopic (exact) mass is 689 g/mol. The van der Waals surface area contributed by atoms with Gasteiger partial charge in [0.25, 0.3) is 0 Å². The van der Waals surface area contributed by atoms with Gasteiger partial charge in [-0.05, 0) is 6.92 Å². The summed E-state index contributed by atoms with van der Waals surface area (Å²) >= 11 is 0. The Balaban J connectivity index is 0.0000137. The molecule has 218 valence electrons. The largest absolute Gasteiger partial charge is 0.480 e. The van der Waals surface area contributed by atoms with Gasteiger partial charge >= 0.3 is 23.9 Å². The molecule has 0 aliphatic carbocycles. The van der Waals surface area contributed by atoms with Crippen LogP contribution in [0, 0.1) is 39.9 Å². The van der Waals surface area contributed by atoms with E-state index in [-0.39, 0.29) is 119 Å². The molecule has 0 aromatic rings. The molecule has 0 fully saturated rings. The number of carboxylic acids is 4. The second-order valence-corrected chi connectivity index (χ2v) is 8.38. The van der Waals surface area contributed by atoms with E-state index in [0.717, 1.165) is 0 Å². The van der Waals surface area contributed by atoms with E-state index >= 15 is 0 Å². The van der Waals surface area contributed by atoms with Crippen molar-refractivity contribution in [2.24, 2.45) is 0 Å². The molecular weight excluding hydrogens is 652 g/mol. The maximum atomic E-state index is 13.0. The third kappa shape index (κ3) is 16.7. The minimum atomic E-state index is -1.17. The zero-order chi connectivity index (χ0) is 27.8. The van der Waals surface area contributed by atoms with Crippen LogP contribution < -0.4 is 0 Å². The van der Waals surface area contributed by atoms with Crippen LogP contribution in [-0.4, -0.2) is 166 Å². The summed E-state index contributed by atoms with van der Waals surface area (Å²) < 4.78 is 5.24. The topological polar surface area (TPSA) is 192 Å². The van der Waals surface area contributed by atoms with E-state index in [4.69, 9.17) is 4.74 Å². The molecule has 0 unspecified atom stereocenters. The molecular formula is C22H37GdN5O10. The molecule has 4 N–H and O–H groups in total. The Morgan fingerprint density at radius 1 is 0.711 bits per heavy atom. The normalized spacial score (nSPS) is 16.4. The molecule has 0 atom stereocenters. The van der Waals surface area contributed by atoms with Gasteiger partial charge in [-0.25, -0.2) is 0 Å². The summed E-state index contributed by atoms with van der Waals surface area (Å²) in [5.74, 6) is -4.88. The predicted molar refractivity (Wildman–Crippen MR) is 129 cm³/mol. The Bertz CT molecular complexity index is 815. The molecule has 0 saturated heterocycles. The average Bonchev–Trinajstić information content (AvgIpc) is 2.78. The van der Waals surface area contributed by atoms with E-state index in [2.05, 4.69) is 0 Å². The van der Waals surface area contributed by atoms with Crippen molar-refractivity contribution in [1.82, 2.24) is 24.5 Å². The fourth-order valence-electron chi connectivity index (χ4n) is 3.57. The first-order valence-electron chi connectivity index (χ1n) is 11.8. The van der Waals surface area contributed by atoms with Crippen molar-refractivity contribution in [2.45, 2.75) is 6.92 Å². The van der Waals surface area contributed by atoms with E-state index in [1.165, 1.54) is 27.1 Å². The number of carbonyl (C=O) groups is 5. The molecule has 1 amide bonds. The summed E-state index contributed by atoms with van der Waals surface area (Å²) in [4.78, 5) is 65.6. The number of carboxylic acid groups (broad SMARTS) is 4. The second kappa shape index (κ2) is 19.9. The summed E-state index contributed by atoms with van der Waals surface area (Å²) in [6.45, 7) is 2.06.